The summed E-state index contributed by atoms with van der Waals surface area (Å²) in [4.78, 5) is 4.82. The van der Waals surface area contributed by atoms with Crippen LogP contribution in [0.15, 0.2) is 57.6 Å². The van der Waals surface area contributed by atoms with E-state index in [2.05, 4.69) is 82.8 Å². The highest BCUT2D eigenvalue weighted by atomic mass is 79.9. The quantitative estimate of drug-likeness (QED) is 0.460. The number of hydrogen-bond donors (Lipinski definition) is 1. The third-order valence-electron chi connectivity index (χ3n) is 4.17. The molecule has 0 radical (unpaired) electrons. The molecular weight excluding hydrogens is 378 g/mol. The maximum absolute atomic E-state index is 5.77. The summed E-state index contributed by atoms with van der Waals surface area (Å²) in [6.45, 7) is 6.25. The number of anilines is 2. The molecule has 0 amide bonds. The van der Waals surface area contributed by atoms with Gasteiger partial charge in [-0.1, -0.05) is 17.7 Å². The molecule has 0 saturated heterocycles. The van der Waals surface area contributed by atoms with E-state index in [1.165, 1.54) is 11.1 Å². The molecule has 0 aliphatic carbocycles. The van der Waals surface area contributed by atoms with Crippen molar-refractivity contribution in [3.8, 4) is 11.5 Å². The standard InChI is InChI=1S/C20H18BrN3O/c1-12-4-6-15(7-5-12)22-20-19(16-8-9-17(21)25-16)23-18-11-13(2)10-14(3)24(18)20/h4-11,22H,1-3H3. The lowest BCUT2D eigenvalue weighted by Gasteiger charge is -2.10. The number of rotatable bonds is 3. The third kappa shape index (κ3) is 2.96. The van der Waals surface area contributed by atoms with E-state index in [1.807, 2.05) is 12.1 Å². The van der Waals surface area contributed by atoms with Crippen LogP contribution >= 0.6 is 15.9 Å². The number of fused-ring (bicyclic) bond motifs is 1. The van der Waals surface area contributed by atoms with Crippen LogP contribution in [0.4, 0.5) is 11.5 Å². The number of furan rings is 1. The van der Waals surface area contributed by atoms with Gasteiger partial charge in [-0.25, -0.2) is 4.98 Å². The minimum Gasteiger partial charge on any atom is -0.448 e. The number of imidazole rings is 1. The number of pyridine rings is 1. The molecule has 126 valence electrons. The number of benzene rings is 1. The van der Waals surface area contributed by atoms with Crippen LogP contribution in [-0.4, -0.2) is 9.38 Å². The predicted octanol–water partition coefficient (Wildman–Crippen LogP) is 6.03. The van der Waals surface area contributed by atoms with E-state index >= 15 is 0 Å². The number of nitrogens with one attached hydrogen (secondary N) is 1. The zero-order valence-electron chi connectivity index (χ0n) is 14.3. The van der Waals surface area contributed by atoms with Gasteiger partial charge >= 0.3 is 0 Å². The Bertz CT molecular complexity index is 1060. The molecule has 0 aliphatic heterocycles. The molecule has 3 heterocycles. The van der Waals surface area contributed by atoms with Crippen molar-refractivity contribution in [2.45, 2.75) is 20.8 Å². The van der Waals surface area contributed by atoms with Crippen LogP contribution in [0.2, 0.25) is 0 Å². The largest absolute Gasteiger partial charge is 0.448 e. The monoisotopic (exact) mass is 395 g/mol. The van der Waals surface area contributed by atoms with Crippen molar-refractivity contribution in [3.63, 3.8) is 0 Å². The molecule has 4 rings (SSSR count). The van der Waals surface area contributed by atoms with E-state index in [-0.39, 0.29) is 0 Å². The summed E-state index contributed by atoms with van der Waals surface area (Å²) in [6, 6.07) is 16.4. The Morgan fingerprint density at radius 3 is 2.40 bits per heavy atom. The van der Waals surface area contributed by atoms with Crippen LogP contribution in [0.5, 0.6) is 0 Å². The second-order valence-electron chi connectivity index (χ2n) is 6.27. The van der Waals surface area contributed by atoms with Gasteiger partial charge in [0.15, 0.2) is 10.4 Å². The average Bonchev–Trinajstić information content (AvgIpc) is 3.13. The van der Waals surface area contributed by atoms with Crippen molar-refractivity contribution < 1.29 is 4.42 Å². The summed E-state index contributed by atoms with van der Waals surface area (Å²) in [5.41, 5.74) is 6.23. The molecule has 1 aromatic carbocycles. The van der Waals surface area contributed by atoms with Crippen LogP contribution in [0.1, 0.15) is 16.8 Å². The van der Waals surface area contributed by atoms with Crippen molar-refractivity contribution >= 4 is 33.1 Å². The molecule has 0 saturated carbocycles. The van der Waals surface area contributed by atoms with E-state index < -0.39 is 0 Å². The normalized spacial score (nSPS) is 11.2. The van der Waals surface area contributed by atoms with E-state index in [1.54, 1.807) is 0 Å². The van der Waals surface area contributed by atoms with Gasteiger partial charge in [0, 0.05) is 11.4 Å². The van der Waals surface area contributed by atoms with Crippen molar-refractivity contribution in [2.24, 2.45) is 0 Å². The zero-order chi connectivity index (χ0) is 17.6. The van der Waals surface area contributed by atoms with Crippen LogP contribution in [0, 0.1) is 20.8 Å². The molecule has 0 aliphatic rings. The van der Waals surface area contributed by atoms with Gasteiger partial charge in [0.25, 0.3) is 0 Å². The maximum atomic E-state index is 5.77. The van der Waals surface area contributed by atoms with Crippen molar-refractivity contribution in [1.82, 2.24) is 9.38 Å². The van der Waals surface area contributed by atoms with Crippen molar-refractivity contribution in [3.05, 3.63) is 70.0 Å². The van der Waals surface area contributed by atoms with E-state index in [9.17, 15) is 0 Å². The van der Waals surface area contributed by atoms with E-state index in [0.717, 1.165) is 34.3 Å². The molecule has 3 aromatic heterocycles. The molecule has 0 unspecified atom stereocenters. The van der Waals surface area contributed by atoms with Crippen LogP contribution in [-0.2, 0) is 0 Å². The Morgan fingerprint density at radius 1 is 0.960 bits per heavy atom. The summed E-state index contributed by atoms with van der Waals surface area (Å²) in [7, 11) is 0. The Hall–Kier alpha value is -2.53. The maximum Gasteiger partial charge on any atom is 0.169 e. The minimum atomic E-state index is 0.689. The summed E-state index contributed by atoms with van der Waals surface area (Å²) >= 11 is 3.38. The first-order valence-corrected chi connectivity index (χ1v) is 8.90. The van der Waals surface area contributed by atoms with Crippen LogP contribution < -0.4 is 5.32 Å². The molecule has 1 N–H and O–H groups in total. The first-order valence-electron chi connectivity index (χ1n) is 8.10. The van der Waals surface area contributed by atoms with Gasteiger partial charge < -0.3 is 9.73 Å². The van der Waals surface area contributed by atoms with Gasteiger partial charge in [-0.3, -0.25) is 4.40 Å². The Morgan fingerprint density at radius 2 is 1.72 bits per heavy atom. The lowest BCUT2D eigenvalue weighted by molar-refractivity contribution is 0.554. The number of aryl methyl sites for hydroxylation is 3. The highest BCUT2D eigenvalue weighted by Gasteiger charge is 2.18. The molecule has 5 heteroatoms. The fourth-order valence-corrected chi connectivity index (χ4v) is 3.34. The minimum absolute atomic E-state index is 0.689. The molecule has 0 atom stereocenters. The number of hydrogen-bond acceptors (Lipinski definition) is 3. The molecule has 0 spiro atoms. The SMILES string of the molecule is Cc1ccc(Nc2c(-c3ccc(Br)o3)nc3cc(C)cc(C)n23)cc1. The topological polar surface area (TPSA) is 42.5 Å². The summed E-state index contributed by atoms with van der Waals surface area (Å²) in [5, 5.41) is 3.52. The Labute approximate surface area is 154 Å². The molecule has 0 fully saturated rings. The van der Waals surface area contributed by atoms with Gasteiger partial charge in [0.1, 0.15) is 17.2 Å². The second-order valence-corrected chi connectivity index (χ2v) is 7.05. The van der Waals surface area contributed by atoms with Crippen LogP contribution in [0.25, 0.3) is 17.1 Å². The first kappa shape index (κ1) is 16.0. The van der Waals surface area contributed by atoms with E-state index in [0.29, 0.717) is 4.67 Å². The van der Waals surface area contributed by atoms with Gasteiger partial charge in [0.2, 0.25) is 0 Å². The molecule has 0 bridgehead atoms. The third-order valence-corrected chi connectivity index (χ3v) is 4.60. The smallest absolute Gasteiger partial charge is 0.169 e. The van der Waals surface area contributed by atoms with Crippen molar-refractivity contribution in [2.75, 3.05) is 5.32 Å². The van der Waals surface area contributed by atoms with E-state index in [4.69, 9.17) is 9.40 Å². The number of aromatic nitrogens is 2. The highest BCUT2D eigenvalue weighted by molar-refractivity contribution is 9.10. The van der Waals surface area contributed by atoms with Gasteiger partial charge in [-0.2, -0.15) is 0 Å². The van der Waals surface area contributed by atoms with Gasteiger partial charge in [-0.15, -0.1) is 0 Å². The lowest BCUT2D eigenvalue weighted by atomic mass is 10.2. The Kier molecular flexibility index (Phi) is 3.88. The lowest BCUT2D eigenvalue weighted by Crippen LogP contribution is -2.00. The Balaban J connectivity index is 1.93. The van der Waals surface area contributed by atoms with Crippen LogP contribution in [0.3, 0.4) is 0 Å². The average molecular weight is 396 g/mol. The van der Waals surface area contributed by atoms with Gasteiger partial charge in [-0.05, 0) is 78.7 Å². The molecule has 25 heavy (non-hydrogen) atoms. The summed E-state index contributed by atoms with van der Waals surface area (Å²) in [6.07, 6.45) is 0. The molecular formula is C20H18BrN3O. The number of halogens is 1. The van der Waals surface area contributed by atoms with Gasteiger partial charge in [0.05, 0.1) is 0 Å². The predicted molar refractivity (Wildman–Crippen MR) is 105 cm³/mol. The van der Waals surface area contributed by atoms with Crippen molar-refractivity contribution in [1.29, 1.82) is 0 Å². The zero-order valence-corrected chi connectivity index (χ0v) is 15.9. The molecule has 4 nitrogen and oxygen atoms in total. The summed E-state index contributed by atoms with van der Waals surface area (Å²) < 4.78 is 8.58. The second kappa shape index (κ2) is 6.08. The highest BCUT2D eigenvalue weighted by Crippen LogP contribution is 2.34. The first-order chi connectivity index (χ1) is 12.0. The fraction of sp³-hybridized carbons (Fsp3) is 0.150. The fourth-order valence-electron chi connectivity index (χ4n) is 3.03. The molecule has 4 aromatic rings. The summed E-state index contributed by atoms with van der Waals surface area (Å²) in [5.74, 6) is 1.63. The number of nitrogens with zero attached hydrogens (tertiary/aromatic N) is 2.